The molecule has 0 spiro atoms. The first-order valence-corrected chi connectivity index (χ1v) is 12.7. The zero-order chi connectivity index (χ0) is 22.1. The van der Waals surface area contributed by atoms with Crippen molar-refractivity contribution < 1.29 is 13.2 Å². The van der Waals surface area contributed by atoms with Crippen LogP contribution in [0.2, 0.25) is 0 Å². The SMILES string of the molecule is FC(F)(F)c1ccc(Nc2ccc(-c3cnc(C4CCCCC4)s3)c(SC3CC3)c2)nc1. The molecule has 0 radical (unpaired) electrons. The van der Waals surface area contributed by atoms with Crippen LogP contribution in [0.5, 0.6) is 0 Å². The number of thiazole rings is 1. The van der Waals surface area contributed by atoms with E-state index < -0.39 is 11.7 Å². The van der Waals surface area contributed by atoms with Gasteiger partial charge in [-0.2, -0.15) is 13.2 Å². The molecule has 0 amide bonds. The summed E-state index contributed by atoms with van der Waals surface area (Å²) < 4.78 is 38.4. The lowest BCUT2D eigenvalue weighted by Crippen LogP contribution is -2.05. The van der Waals surface area contributed by atoms with E-state index in [9.17, 15) is 13.2 Å². The molecule has 0 saturated heterocycles. The van der Waals surface area contributed by atoms with Gasteiger partial charge in [0.05, 0.1) is 15.4 Å². The van der Waals surface area contributed by atoms with E-state index in [1.54, 1.807) is 11.3 Å². The molecule has 5 rings (SSSR count). The van der Waals surface area contributed by atoms with Crippen LogP contribution in [0.15, 0.2) is 47.6 Å². The van der Waals surface area contributed by atoms with Crippen molar-refractivity contribution in [2.24, 2.45) is 0 Å². The molecule has 0 bridgehead atoms. The summed E-state index contributed by atoms with van der Waals surface area (Å²) in [6.07, 6.45) is 7.31. The number of hydrogen-bond acceptors (Lipinski definition) is 5. The molecule has 8 heteroatoms. The van der Waals surface area contributed by atoms with Crippen LogP contribution in [0.4, 0.5) is 24.7 Å². The van der Waals surface area contributed by atoms with E-state index in [-0.39, 0.29) is 0 Å². The fourth-order valence-electron chi connectivity index (χ4n) is 4.00. The van der Waals surface area contributed by atoms with Crippen molar-refractivity contribution in [2.45, 2.75) is 67.2 Å². The number of pyridine rings is 1. The van der Waals surface area contributed by atoms with E-state index in [4.69, 9.17) is 4.98 Å². The van der Waals surface area contributed by atoms with Crippen molar-refractivity contribution in [1.29, 1.82) is 0 Å². The highest BCUT2D eigenvalue weighted by Crippen LogP contribution is 2.46. The maximum Gasteiger partial charge on any atom is 0.417 e. The van der Waals surface area contributed by atoms with Crippen LogP contribution >= 0.6 is 23.1 Å². The first kappa shape index (κ1) is 21.8. The molecule has 0 aliphatic heterocycles. The predicted molar refractivity (Wildman–Crippen MR) is 125 cm³/mol. The van der Waals surface area contributed by atoms with Crippen molar-refractivity contribution >= 4 is 34.6 Å². The summed E-state index contributed by atoms with van der Waals surface area (Å²) in [6, 6.07) is 8.55. The van der Waals surface area contributed by atoms with Gasteiger partial charge >= 0.3 is 6.18 Å². The molecule has 1 aromatic carbocycles. The molecule has 2 aliphatic carbocycles. The molecule has 2 saturated carbocycles. The molecule has 2 heterocycles. The second kappa shape index (κ2) is 9.06. The third-order valence-electron chi connectivity index (χ3n) is 5.91. The minimum Gasteiger partial charge on any atom is -0.340 e. The number of nitrogens with one attached hydrogen (secondary N) is 1. The number of hydrogen-bond donors (Lipinski definition) is 1. The summed E-state index contributed by atoms with van der Waals surface area (Å²) in [5, 5.41) is 5.03. The normalized spacial score (nSPS) is 17.5. The van der Waals surface area contributed by atoms with Crippen molar-refractivity contribution in [1.82, 2.24) is 9.97 Å². The van der Waals surface area contributed by atoms with E-state index in [1.165, 1.54) is 71.4 Å². The average molecular weight is 476 g/mol. The van der Waals surface area contributed by atoms with Crippen molar-refractivity contribution in [3.8, 4) is 10.4 Å². The Morgan fingerprint density at radius 3 is 2.44 bits per heavy atom. The van der Waals surface area contributed by atoms with Gasteiger partial charge in [0.25, 0.3) is 0 Å². The lowest BCUT2D eigenvalue weighted by molar-refractivity contribution is -0.137. The number of alkyl halides is 3. The number of rotatable bonds is 6. The first-order chi connectivity index (χ1) is 15.5. The van der Waals surface area contributed by atoms with Gasteiger partial charge in [0.2, 0.25) is 0 Å². The van der Waals surface area contributed by atoms with E-state index >= 15 is 0 Å². The number of halogens is 3. The van der Waals surface area contributed by atoms with Gasteiger partial charge in [0, 0.05) is 39.7 Å². The molecule has 3 nitrogen and oxygen atoms in total. The second-order valence-electron chi connectivity index (χ2n) is 8.48. The molecule has 0 unspecified atom stereocenters. The van der Waals surface area contributed by atoms with Crippen molar-refractivity contribution in [3.63, 3.8) is 0 Å². The Labute approximate surface area is 193 Å². The van der Waals surface area contributed by atoms with Gasteiger partial charge < -0.3 is 5.32 Å². The summed E-state index contributed by atoms with van der Waals surface area (Å²) in [7, 11) is 0. The molecule has 1 N–H and O–H groups in total. The van der Waals surface area contributed by atoms with Crippen LogP contribution in [-0.4, -0.2) is 15.2 Å². The highest BCUT2D eigenvalue weighted by Gasteiger charge is 2.30. The molecule has 3 aromatic rings. The average Bonchev–Trinajstić information content (AvgIpc) is 3.46. The molecular formula is C24H24F3N3S2. The van der Waals surface area contributed by atoms with Crippen LogP contribution in [0.3, 0.4) is 0 Å². The van der Waals surface area contributed by atoms with Crippen LogP contribution in [0.25, 0.3) is 10.4 Å². The first-order valence-electron chi connectivity index (χ1n) is 11.0. The molecular weight excluding hydrogens is 451 g/mol. The van der Waals surface area contributed by atoms with Gasteiger partial charge in [-0.1, -0.05) is 25.3 Å². The Balaban J connectivity index is 1.38. The van der Waals surface area contributed by atoms with E-state index in [1.807, 2.05) is 24.0 Å². The number of anilines is 2. The number of thioether (sulfide) groups is 1. The lowest BCUT2D eigenvalue weighted by atomic mass is 9.90. The van der Waals surface area contributed by atoms with Gasteiger partial charge in [-0.3, -0.25) is 0 Å². The summed E-state index contributed by atoms with van der Waals surface area (Å²) in [4.78, 5) is 11.1. The summed E-state index contributed by atoms with van der Waals surface area (Å²) in [5.41, 5.74) is 1.26. The highest BCUT2D eigenvalue weighted by molar-refractivity contribution is 8.00. The third kappa shape index (κ3) is 5.12. The third-order valence-corrected chi connectivity index (χ3v) is 8.50. The number of aromatic nitrogens is 2. The Hall–Kier alpha value is -2.06. The maximum atomic E-state index is 12.8. The minimum absolute atomic E-state index is 0.394. The Morgan fingerprint density at radius 2 is 1.75 bits per heavy atom. The van der Waals surface area contributed by atoms with E-state index in [0.29, 0.717) is 17.0 Å². The molecule has 2 aliphatic rings. The van der Waals surface area contributed by atoms with Gasteiger partial charge in [-0.25, -0.2) is 9.97 Å². The van der Waals surface area contributed by atoms with Crippen LogP contribution < -0.4 is 5.32 Å². The monoisotopic (exact) mass is 475 g/mol. The summed E-state index contributed by atoms with van der Waals surface area (Å²) >= 11 is 3.68. The summed E-state index contributed by atoms with van der Waals surface area (Å²) in [6.45, 7) is 0. The molecule has 2 aromatic heterocycles. The summed E-state index contributed by atoms with van der Waals surface area (Å²) in [5.74, 6) is 0.985. The standard InChI is InChI=1S/C24H24F3N3S2/c25-24(26,27)16-6-11-22(28-13-16)30-17-7-10-19(20(12-17)31-18-8-9-18)21-14-29-23(32-21)15-4-2-1-3-5-15/h6-7,10-15,18H,1-5,8-9H2,(H,28,30). The number of benzene rings is 1. The Bertz CT molecular complexity index is 1070. The maximum absolute atomic E-state index is 12.8. The molecule has 2 fully saturated rings. The molecule has 168 valence electrons. The van der Waals surface area contributed by atoms with Gasteiger partial charge in [0.15, 0.2) is 0 Å². The van der Waals surface area contributed by atoms with Crippen LogP contribution in [-0.2, 0) is 6.18 Å². The second-order valence-corrected chi connectivity index (χ2v) is 10.9. The highest BCUT2D eigenvalue weighted by atomic mass is 32.2. The predicted octanol–water partition coefficient (Wildman–Crippen LogP) is 8.27. The zero-order valence-electron chi connectivity index (χ0n) is 17.5. The van der Waals surface area contributed by atoms with Gasteiger partial charge in [-0.05, 0) is 49.9 Å². The van der Waals surface area contributed by atoms with Gasteiger partial charge in [0.1, 0.15) is 5.82 Å². The quantitative estimate of drug-likeness (QED) is 0.389. The minimum atomic E-state index is -4.38. The van der Waals surface area contributed by atoms with E-state index in [2.05, 4.69) is 22.4 Å². The fourth-order valence-corrected chi connectivity index (χ4v) is 6.42. The smallest absolute Gasteiger partial charge is 0.340 e. The number of nitrogens with zero attached hydrogens (tertiary/aromatic N) is 2. The topological polar surface area (TPSA) is 37.8 Å². The molecule has 0 atom stereocenters. The van der Waals surface area contributed by atoms with Gasteiger partial charge in [-0.15, -0.1) is 23.1 Å². The largest absolute Gasteiger partial charge is 0.417 e. The molecule has 32 heavy (non-hydrogen) atoms. The van der Waals surface area contributed by atoms with E-state index in [0.717, 1.165) is 18.0 Å². The Morgan fingerprint density at radius 1 is 0.938 bits per heavy atom. The van der Waals surface area contributed by atoms with Crippen LogP contribution in [0, 0.1) is 0 Å². The van der Waals surface area contributed by atoms with Crippen LogP contribution in [0.1, 0.15) is 61.4 Å². The van der Waals surface area contributed by atoms with Crippen molar-refractivity contribution in [3.05, 3.63) is 53.3 Å². The fraction of sp³-hybridized carbons (Fsp3) is 0.417. The lowest BCUT2D eigenvalue weighted by Gasteiger charge is -2.18. The zero-order valence-corrected chi connectivity index (χ0v) is 19.1. The van der Waals surface area contributed by atoms with Crippen molar-refractivity contribution in [2.75, 3.05) is 5.32 Å². The Kier molecular flexibility index (Phi) is 6.16.